The normalized spacial score (nSPS) is 11.6. The number of fused-ring (bicyclic) bond motifs is 1. The molecule has 0 aliphatic heterocycles. The Morgan fingerprint density at radius 2 is 1.55 bits per heavy atom. The highest BCUT2D eigenvalue weighted by Crippen LogP contribution is 2.33. The Kier molecular flexibility index (Phi) is 4.92. The van der Waals surface area contributed by atoms with Crippen LogP contribution < -0.4 is 9.47 Å². The number of ether oxygens (including phenoxy) is 2. The molecule has 0 radical (unpaired) electrons. The molecule has 1 N–H and O–H groups in total. The third kappa shape index (κ3) is 4.37. The molecule has 0 spiro atoms. The summed E-state index contributed by atoms with van der Waals surface area (Å²) in [5.74, 6) is 0.510. The number of aromatic amines is 1. The van der Waals surface area contributed by atoms with Crippen molar-refractivity contribution in [2.45, 2.75) is 19.9 Å². The van der Waals surface area contributed by atoms with Gasteiger partial charge in [-0.3, -0.25) is 0 Å². The van der Waals surface area contributed by atoms with E-state index in [1.165, 1.54) is 12.1 Å². The average molecular weight is 397 g/mol. The predicted molar refractivity (Wildman–Crippen MR) is 106 cm³/mol. The smallest absolute Gasteiger partial charge is 0.489 e. The van der Waals surface area contributed by atoms with Gasteiger partial charge in [0, 0.05) is 16.6 Å². The monoisotopic (exact) mass is 397 g/mol. The molecule has 4 rings (SSSR count). The zero-order valence-corrected chi connectivity index (χ0v) is 15.6. The van der Waals surface area contributed by atoms with Crippen molar-refractivity contribution in [1.82, 2.24) is 4.98 Å². The highest BCUT2D eigenvalue weighted by atomic mass is 19.4. The van der Waals surface area contributed by atoms with Crippen LogP contribution in [0.5, 0.6) is 11.5 Å². The van der Waals surface area contributed by atoms with Crippen molar-refractivity contribution in [3.05, 3.63) is 83.9 Å². The van der Waals surface area contributed by atoms with Crippen molar-refractivity contribution in [2.24, 2.45) is 0 Å². The Morgan fingerprint density at radius 1 is 0.862 bits per heavy atom. The van der Waals surface area contributed by atoms with Crippen molar-refractivity contribution in [3.8, 4) is 22.8 Å². The minimum absolute atomic E-state index is 0.244. The molecular formula is C23H18F3NO2. The van der Waals surface area contributed by atoms with E-state index in [9.17, 15) is 13.2 Å². The first kappa shape index (κ1) is 18.9. The van der Waals surface area contributed by atoms with E-state index in [4.69, 9.17) is 4.74 Å². The summed E-state index contributed by atoms with van der Waals surface area (Å²) < 4.78 is 46.8. The first-order chi connectivity index (χ1) is 13.9. The number of hydrogen-bond acceptors (Lipinski definition) is 2. The second-order valence-electron chi connectivity index (χ2n) is 6.68. The lowest BCUT2D eigenvalue weighted by Gasteiger charge is -2.09. The highest BCUT2D eigenvalue weighted by molar-refractivity contribution is 5.91. The molecule has 0 saturated heterocycles. The Labute approximate surface area is 165 Å². The van der Waals surface area contributed by atoms with Crippen molar-refractivity contribution >= 4 is 10.9 Å². The van der Waals surface area contributed by atoms with Crippen molar-refractivity contribution in [2.75, 3.05) is 0 Å². The fourth-order valence-electron chi connectivity index (χ4n) is 3.25. The number of benzene rings is 3. The number of halogens is 3. The number of alkyl halides is 3. The molecule has 0 aliphatic rings. The summed E-state index contributed by atoms with van der Waals surface area (Å²) in [5.41, 5.74) is 4.63. The molecule has 3 aromatic carbocycles. The topological polar surface area (TPSA) is 34.2 Å². The third-order valence-electron chi connectivity index (χ3n) is 4.65. The van der Waals surface area contributed by atoms with Crippen LogP contribution in [-0.4, -0.2) is 11.3 Å². The molecular weight excluding hydrogens is 379 g/mol. The Morgan fingerprint density at radius 3 is 2.24 bits per heavy atom. The molecule has 0 saturated carbocycles. The lowest BCUT2D eigenvalue weighted by molar-refractivity contribution is -0.274. The quantitative estimate of drug-likeness (QED) is 0.411. The maximum absolute atomic E-state index is 12.3. The first-order valence-electron chi connectivity index (χ1n) is 9.04. The maximum atomic E-state index is 12.3. The number of H-pyrrole nitrogens is 1. The van der Waals surface area contributed by atoms with Crippen molar-refractivity contribution < 1.29 is 22.6 Å². The summed E-state index contributed by atoms with van der Waals surface area (Å²) in [5, 5.41) is 1.00. The van der Waals surface area contributed by atoms with Gasteiger partial charge in [-0.15, -0.1) is 13.2 Å². The van der Waals surface area contributed by atoms with Gasteiger partial charge in [-0.1, -0.05) is 30.3 Å². The molecule has 0 aliphatic carbocycles. The molecule has 0 unspecified atom stereocenters. The van der Waals surface area contributed by atoms with E-state index in [-0.39, 0.29) is 5.75 Å². The van der Waals surface area contributed by atoms with Crippen LogP contribution in [0.15, 0.2) is 72.8 Å². The summed E-state index contributed by atoms with van der Waals surface area (Å²) in [4.78, 5) is 3.33. The van der Waals surface area contributed by atoms with Crippen LogP contribution in [-0.2, 0) is 6.61 Å². The molecule has 29 heavy (non-hydrogen) atoms. The predicted octanol–water partition coefficient (Wildman–Crippen LogP) is 6.62. The van der Waals surface area contributed by atoms with Crippen LogP contribution in [0.1, 0.15) is 11.1 Å². The minimum atomic E-state index is -4.70. The van der Waals surface area contributed by atoms with Gasteiger partial charge in [-0.25, -0.2) is 0 Å². The molecule has 4 aromatic rings. The van der Waals surface area contributed by atoms with Crippen LogP contribution in [0.2, 0.25) is 0 Å². The van der Waals surface area contributed by atoms with Crippen molar-refractivity contribution in [1.29, 1.82) is 0 Å². The summed E-state index contributed by atoms with van der Waals surface area (Å²) in [6.07, 6.45) is -4.70. The van der Waals surface area contributed by atoms with Gasteiger partial charge in [0.2, 0.25) is 0 Å². The molecule has 6 heteroatoms. The van der Waals surface area contributed by atoms with Gasteiger partial charge in [0.15, 0.2) is 0 Å². The molecule has 0 bridgehead atoms. The third-order valence-corrected chi connectivity index (χ3v) is 4.65. The molecule has 1 aromatic heterocycles. The number of aromatic nitrogens is 1. The minimum Gasteiger partial charge on any atom is -0.489 e. The number of rotatable bonds is 5. The van der Waals surface area contributed by atoms with E-state index in [1.54, 1.807) is 12.1 Å². The van der Waals surface area contributed by atoms with Gasteiger partial charge in [0.1, 0.15) is 18.1 Å². The van der Waals surface area contributed by atoms with E-state index in [2.05, 4.69) is 9.72 Å². The van der Waals surface area contributed by atoms with Crippen LogP contribution >= 0.6 is 0 Å². The largest absolute Gasteiger partial charge is 0.573 e. The maximum Gasteiger partial charge on any atom is 0.573 e. The van der Waals surface area contributed by atoms with Gasteiger partial charge in [-0.2, -0.15) is 0 Å². The average Bonchev–Trinajstić information content (AvgIpc) is 3.03. The summed E-state index contributed by atoms with van der Waals surface area (Å²) in [6, 6.07) is 21.5. The SMILES string of the molecule is Cc1c(-c2ccc(OC(F)(F)F)cc2)[nH]c2ccc(OCc3ccccc3)cc12. The number of hydrogen-bond donors (Lipinski definition) is 1. The second kappa shape index (κ2) is 7.54. The highest BCUT2D eigenvalue weighted by Gasteiger charge is 2.31. The zero-order valence-electron chi connectivity index (χ0n) is 15.6. The second-order valence-corrected chi connectivity index (χ2v) is 6.68. The summed E-state index contributed by atoms with van der Waals surface area (Å²) in [6.45, 7) is 2.44. The van der Waals surface area contributed by atoms with Gasteiger partial charge in [0.25, 0.3) is 0 Å². The number of aryl methyl sites for hydroxylation is 1. The Bertz CT molecular complexity index is 1120. The van der Waals surface area contributed by atoms with E-state index in [0.717, 1.165) is 39.0 Å². The zero-order chi connectivity index (χ0) is 20.4. The van der Waals surface area contributed by atoms with Crippen LogP contribution in [0.4, 0.5) is 13.2 Å². The first-order valence-corrected chi connectivity index (χ1v) is 9.04. The summed E-state index contributed by atoms with van der Waals surface area (Å²) >= 11 is 0. The Balaban J connectivity index is 1.57. The lowest BCUT2D eigenvalue weighted by Crippen LogP contribution is -2.16. The van der Waals surface area contributed by atoms with Gasteiger partial charge >= 0.3 is 6.36 Å². The van der Waals surface area contributed by atoms with Gasteiger partial charge in [0.05, 0.1) is 0 Å². The standard InChI is InChI=1S/C23H18F3NO2/c1-15-20-13-19(28-14-16-5-3-2-4-6-16)11-12-21(20)27-22(15)17-7-9-18(10-8-17)29-23(24,25)26/h2-13,27H,14H2,1H3. The molecule has 3 nitrogen and oxygen atoms in total. The van der Waals surface area contributed by atoms with Crippen LogP contribution in [0.25, 0.3) is 22.2 Å². The fourth-order valence-corrected chi connectivity index (χ4v) is 3.25. The molecule has 148 valence electrons. The van der Waals surface area contributed by atoms with Crippen LogP contribution in [0, 0.1) is 6.92 Å². The molecule has 0 amide bonds. The van der Waals surface area contributed by atoms with Crippen LogP contribution in [0.3, 0.4) is 0 Å². The van der Waals surface area contributed by atoms with E-state index in [1.807, 2.05) is 55.5 Å². The Hall–Kier alpha value is -3.41. The number of nitrogens with one attached hydrogen (secondary N) is 1. The van der Waals surface area contributed by atoms with Crippen molar-refractivity contribution in [3.63, 3.8) is 0 Å². The van der Waals surface area contributed by atoms with E-state index < -0.39 is 6.36 Å². The lowest BCUT2D eigenvalue weighted by atomic mass is 10.1. The fraction of sp³-hybridized carbons (Fsp3) is 0.130. The van der Waals surface area contributed by atoms with E-state index >= 15 is 0 Å². The van der Waals surface area contributed by atoms with Gasteiger partial charge < -0.3 is 14.5 Å². The molecule has 0 atom stereocenters. The van der Waals surface area contributed by atoms with Gasteiger partial charge in [-0.05, 0) is 66.1 Å². The molecule has 0 fully saturated rings. The van der Waals surface area contributed by atoms with E-state index in [0.29, 0.717) is 6.61 Å². The summed E-state index contributed by atoms with van der Waals surface area (Å²) in [7, 11) is 0. The molecule has 1 heterocycles.